The molecule has 160 valence electrons. The molecule has 0 bridgehead atoms. The van der Waals surface area contributed by atoms with Gasteiger partial charge in [-0.25, -0.2) is 0 Å². The number of aldehydes is 1. The summed E-state index contributed by atoms with van der Waals surface area (Å²) < 4.78 is 12.1. The molecule has 0 radical (unpaired) electrons. The fourth-order valence-corrected chi connectivity index (χ4v) is 4.57. The van der Waals surface area contributed by atoms with Crippen LogP contribution in [0, 0.1) is 11.8 Å². The highest BCUT2D eigenvalue weighted by Crippen LogP contribution is 2.38. The summed E-state index contributed by atoms with van der Waals surface area (Å²) in [4.78, 5) is 22.5. The van der Waals surface area contributed by atoms with Gasteiger partial charge in [0.1, 0.15) is 12.4 Å². The molecule has 0 heterocycles. The molecule has 0 unspecified atom stereocenters. The van der Waals surface area contributed by atoms with Crippen molar-refractivity contribution in [2.45, 2.75) is 97.1 Å². The summed E-state index contributed by atoms with van der Waals surface area (Å²) >= 11 is 0. The first-order valence-electron chi connectivity index (χ1n) is 10.7. The Hall–Kier alpha value is -1.20. The summed E-state index contributed by atoms with van der Waals surface area (Å²) in [6.07, 6.45) is 13.8. The maximum Gasteiger partial charge on any atom is 0.303 e. The molecule has 0 amide bonds. The second kappa shape index (κ2) is 11.1. The molecule has 1 aliphatic carbocycles. The van der Waals surface area contributed by atoms with Gasteiger partial charge in [-0.2, -0.15) is 0 Å². The summed E-state index contributed by atoms with van der Waals surface area (Å²) in [5.74, 6) is -0.232. The number of carbonyl (C=O) groups is 2. The third-order valence-corrected chi connectivity index (χ3v) is 10.5. The van der Waals surface area contributed by atoms with Gasteiger partial charge in [0.15, 0.2) is 8.32 Å². The minimum absolute atomic E-state index is 0.00853. The van der Waals surface area contributed by atoms with Crippen LogP contribution in [0.3, 0.4) is 0 Å². The zero-order valence-electron chi connectivity index (χ0n) is 18.9. The number of unbranched alkanes of at least 4 members (excludes halogenated alkanes) is 2. The molecule has 0 aromatic rings. The summed E-state index contributed by atoms with van der Waals surface area (Å²) in [7, 11) is -1.89. The van der Waals surface area contributed by atoms with E-state index in [4.69, 9.17) is 9.16 Å². The van der Waals surface area contributed by atoms with Crippen molar-refractivity contribution >= 4 is 20.6 Å². The molecule has 4 nitrogen and oxygen atoms in total. The largest absolute Gasteiger partial charge is 0.458 e. The Morgan fingerprint density at radius 2 is 1.89 bits per heavy atom. The molecule has 4 atom stereocenters. The third kappa shape index (κ3) is 7.67. The third-order valence-electron chi connectivity index (χ3n) is 5.98. The smallest absolute Gasteiger partial charge is 0.303 e. The molecule has 1 aliphatic rings. The van der Waals surface area contributed by atoms with E-state index in [9.17, 15) is 9.59 Å². The van der Waals surface area contributed by atoms with E-state index in [1.165, 1.54) is 19.8 Å². The number of allylic oxidation sites excluding steroid dienone is 1. The Morgan fingerprint density at radius 3 is 2.43 bits per heavy atom. The lowest BCUT2D eigenvalue weighted by atomic mass is 9.90. The molecule has 5 heteroatoms. The average molecular weight is 409 g/mol. The van der Waals surface area contributed by atoms with Crippen LogP contribution in [-0.2, 0) is 18.8 Å². The topological polar surface area (TPSA) is 52.6 Å². The minimum atomic E-state index is -1.89. The fourth-order valence-electron chi connectivity index (χ4n) is 3.26. The fraction of sp³-hybridized carbons (Fsp3) is 0.739. The minimum Gasteiger partial charge on any atom is -0.458 e. The van der Waals surface area contributed by atoms with Crippen LogP contribution in [0.5, 0.6) is 0 Å². The van der Waals surface area contributed by atoms with Crippen LogP contribution in [0.25, 0.3) is 0 Å². The quantitative estimate of drug-likeness (QED) is 0.142. The van der Waals surface area contributed by atoms with Crippen LogP contribution >= 0.6 is 0 Å². The lowest BCUT2D eigenvalue weighted by molar-refractivity contribution is -0.145. The van der Waals surface area contributed by atoms with Gasteiger partial charge in [-0.3, -0.25) is 4.79 Å². The highest BCUT2D eigenvalue weighted by molar-refractivity contribution is 6.74. The van der Waals surface area contributed by atoms with Gasteiger partial charge in [-0.05, 0) is 36.5 Å². The van der Waals surface area contributed by atoms with E-state index in [2.05, 4.69) is 52.9 Å². The molecule has 0 saturated heterocycles. The van der Waals surface area contributed by atoms with Crippen molar-refractivity contribution in [1.29, 1.82) is 0 Å². The van der Waals surface area contributed by atoms with Gasteiger partial charge in [0.25, 0.3) is 0 Å². The van der Waals surface area contributed by atoms with E-state index in [0.717, 1.165) is 19.1 Å². The molecule has 0 aromatic carbocycles. The standard InChI is InChI=1S/C23H40O4Si/c1-8-9-10-11-20(27-28(6,7)23(3,4)5)13-14-21-19(16-17-24)12-15-22(21)26-18(2)25/h12-15,17,19-22H,8-11,16H2,1-7H3/b14-13+/t19-,20+,21-,22-/m1/s1. The molecule has 1 rings (SSSR count). The highest BCUT2D eigenvalue weighted by atomic mass is 28.4. The van der Waals surface area contributed by atoms with E-state index in [1.807, 2.05) is 12.2 Å². The number of hydrogen-bond acceptors (Lipinski definition) is 4. The number of ether oxygens (including phenoxy) is 1. The van der Waals surface area contributed by atoms with Crippen LogP contribution < -0.4 is 0 Å². The van der Waals surface area contributed by atoms with E-state index in [1.54, 1.807) is 0 Å². The van der Waals surface area contributed by atoms with Crippen LogP contribution in [0.4, 0.5) is 0 Å². The summed E-state index contributed by atoms with van der Waals surface area (Å²) in [5, 5.41) is 0.152. The van der Waals surface area contributed by atoms with E-state index in [-0.39, 0.29) is 35.1 Å². The van der Waals surface area contributed by atoms with Crippen molar-refractivity contribution < 1.29 is 18.8 Å². The normalized spacial score (nSPS) is 23.9. The van der Waals surface area contributed by atoms with Crippen molar-refractivity contribution in [3.05, 3.63) is 24.3 Å². The number of carbonyl (C=O) groups excluding carboxylic acids is 2. The SMILES string of the molecule is CCCCC[C@@H](/C=C/[C@@H]1[C@@H](CC=O)C=C[C@H]1OC(C)=O)O[Si](C)(C)C(C)(C)C. The zero-order valence-corrected chi connectivity index (χ0v) is 19.9. The number of esters is 1. The van der Waals surface area contributed by atoms with E-state index in [0.29, 0.717) is 6.42 Å². The lowest BCUT2D eigenvalue weighted by Crippen LogP contribution is -2.43. The molecule has 0 aliphatic heterocycles. The van der Waals surface area contributed by atoms with Crippen LogP contribution in [0.2, 0.25) is 18.1 Å². The monoisotopic (exact) mass is 408 g/mol. The Balaban J connectivity index is 2.97. The molecular formula is C23H40O4Si. The van der Waals surface area contributed by atoms with E-state index >= 15 is 0 Å². The maximum atomic E-state index is 11.5. The van der Waals surface area contributed by atoms with Gasteiger partial charge in [0, 0.05) is 19.3 Å². The van der Waals surface area contributed by atoms with Crippen LogP contribution in [0.15, 0.2) is 24.3 Å². The van der Waals surface area contributed by atoms with Crippen molar-refractivity contribution in [1.82, 2.24) is 0 Å². The van der Waals surface area contributed by atoms with Crippen molar-refractivity contribution in [3.63, 3.8) is 0 Å². The molecular weight excluding hydrogens is 368 g/mol. The predicted molar refractivity (Wildman–Crippen MR) is 118 cm³/mol. The number of rotatable bonds is 11. The Bertz CT molecular complexity index is 559. The first-order chi connectivity index (χ1) is 13.0. The first kappa shape index (κ1) is 24.8. The van der Waals surface area contributed by atoms with Gasteiger partial charge in [-0.15, -0.1) is 0 Å². The maximum absolute atomic E-state index is 11.5. The van der Waals surface area contributed by atoms with Gasteiger partial charge < -0.3 is 14.0 Å². The zero-order chi connectivity index (χ0) is 21.4. The lowest BCUT2D eigenvalue weighted by Gasteiger charge is -2.39. The van der Waals surface area contributed by atoms with Crippen LogP contribution in [0.1, 0.15) is 66.7 Å². The predicted octanol–water partition coefficient (Wildman–Crippen LogP) is 5.84. The molecule has 0 fully saturated rings. The second-order valence-electron chi connectivity index (χ2n) is 9.40. The van der Waals surface area contributed by atoms with Gasteiger partial charge in [0.2, 0.25) is 0 Å². The van der Waals surface area contributed by atoms with Crippen molar-refractivity contribution in [2.75, 3.05) is 0 Å². The van der Waals surface area contributed by atoms with Gasteiger partial charge in [0.05, 0.1) is 6.10 Å². The summed E-state index contributed by atoms with van der Waals surface area (Å²) in [5.41, 5.74) is 0. The summed E-state index contributed by atoms with van der Waals surface area (Å²) in [6.45, 7) is 15.0. The van der Waals surface area contributed by atoms with Crippen LogP contribution in [-0.4, -0.2) is 32.8 Å². The molecule has 0 saturated carbocycles. The Morgan fingerprint density at radius 1 is 1.21 bits per heavy atom. The summed E-state index contributed by atoms with van der Waals surface area (Å²) in [6, 6.07) is 0. The van der Waals surface area contributed by atoms with Gasteiger partial charge >= 0.3 is 5.97 Å². The first-order valence-corrected chi connectivity index (χ1v) is 13.6. The van der Waals surface area contributed by atoms with Crippen molar-refractivity contribution in [3.8, 4) is 0 Å². The Kier molecular flexibility index (Phi) is 9.85. The van der Waals surface area contributed by atoms with Gasteiger partial charge in [-0.1, -0.05) is 65.2 Å². The Labute approximate surface area is 172 Å². The molecule has 0 N–H and O–H groups in total. The number of hydrogen-bond donors (Lipinski definition) is 0. The van der Waals surface area contributed by atoms with E-state index < -0.39 is 8.32 Å². The second-order valence-corrected chi connectivity index (χ2v) is 14.2. The average Bonchev–Trinajstić information content (AvgIpc) is 2.92. The van der Waals surface area contributed by atoms with Crippen molar-refractivity contribution in [2.24, 2.45) is 11.8 Å². The molecule has 28 heavy (non-hydrogen) atoms. The molecule has 0 spiro atoms. The molecule has 0 aromatic heterocycles. The highest BCUT2D eigenvalue weighted by Gasteiger charge is 2.39.